The standard InChI is InChI=1S/C6H12INO/c1-4-5(7)6(9)8(2)3/h5H,4H2,1-3H3. The minimum atomic E-state index is 0.151. The summed E-state index contributed by atoms with van der Waals surface area (Å²) in [7, 11) is 3.56. The van der Waals surface area contributed by atoms with Crippen LogP contribution in [0, 0.1) is 0 Å². The van der Waals surface area contributed by atoms with Gasteiger partial charge in [0.25, 0.3) is 0 Å². The monoisotopic (exact) mass is 241 g/mol. The van der Waals surface area contributed by atoms with Crippen molar-refractivity contribution in [2.24, 2.45) is 0 Å². The van der Waals surface area contributed by atoms with E-state index in [0.29, 0.717) is 0 Å². The molecule has 0 radical (unpaired) electrons. The molecule has 0 bridgehead atoms. The van der Waals surface area contributed by atoms with Crippen LogP contribution in [0.2, 0.25) is 0 Å². The van der Waals surface area contributed by atoms with E-state index in [2.05, 4.69) is 22.6 Å². The van der Waals surface area contributed by atoms with Crippen LogP contribution in [0.4, 0.5) is 0 Å². The first-order valence-electron chi connectivity index (χ1n) is 2.94. The Balaban J connectivity index is 3.73. The van der Waals surface area contributed by atoms with Gasteiger partial charge in [0.1, 0.15) is 0 Å². The third kappa shape index (κ3) is 3.03. The molecule has 0 aliphatic carbocycles. The van der Waals surface area contributed by atoms with Crippen molar-refractivity contribution in [2.75, 3.05) is 14.1 Å². The van der Waals surface area contributed by atoms with Crippen LogP contribution < -0.4 is 0 Å². The van der Waals surface area contributed by atoms with E-state index < -0.39 is 0 Å². The Bertz CT molecular complexity index is 103. The quantitative estimate of drug-likeness (QED) is 0.527. The predicted molar refractivity (Wildman–Crippen MR) is 46.8 cm³/mol. The molecule has 0 fully saturated rings. The number of carbonyl (C=O) groups excluding carboxylic acids is 1. The fourth-order valence-electron chi connectivity index (χ4n) is 0.455. The van der Waals surface area contributed by atoms with Crippen molar-refractivity contribution < 1.29 is 4.79 Å². The predicted octanol–water partition coefficient (Wildman–Crippen LogP) is 1.29. The Morgan fingerprint density at radius 3 is 2.22 bits per heavy atom. The lowest BCUT2D eigenvalue weighted by atomic mass is 10.3. The normalized spacial score (nSPS) is 12.9. The summed E-state index contributed by atoms with van der Waals surface area (Å²) in [4.78, 5) is 12.6. The first-order chi connectivity index (χ1) is 4.09. The average molecular weight is 241 g/mol. The van der Waals surface area contributed by atoms with Gasteiger partial charge in [0.05, 0.1) is 3.92 Å². The van der Waals surface area contributed by atoms with E-state index in [1.54, 1.807) is 19.0 Å². The highest BCUT2D eigenvalue weighted by molar-refractivity contribution is 14.1. The van der Waals surface area contributed by atoms with Gasteiger partial charge in [0, 0.05) is 14.1 Å². The summed E-state index contributed by atoms with van der Waals surface area (Å²) in [6, 6.07) is 0. The summed E-state index contributed by atoms with van der Waals surface area (Å²) in [6.07, 6.45) is 0.914. The van der Waals surface area contributed by atoms with Gasteiger partial charge in [-0.15, -0.1) is 0 Å². The number of hydrogen-bond acceptors (Lipinski definition) is 1. The van der Waals surface area contributed by atoms with Crippen molar-refractivity contribution in [3.8, 4) is 0 Å². The van der Waals surface area contributed by atoms with Crippen LogP contribution in [0.15, 0.2) is 0 Å². The Morgan fingerprint density at radius 1 is 1.67 bits per heavy atom. The van der Waals surface area contributed by atoms with Crippen molar-refractivity contribution in [3.05, 3.63) is 0 Å². The largest absolute Gasteiger partial charge is 0.348 e. The van der Waals surface area contributed by atoms with E-state index >= 15 is 0 Å². The van der Waals surface area contributed by atoms with Crippen LogP contribution in [-0.2, 0) is 4.79 Å². The van der Waals surface area contributed by atoms with Crippen molar-refractivity contribution in [2.45, 2.75) is 17.3 Å². The highest BCUT2D eigenvalue weighted by atomic mass is 127. The van der Waals surface area contributed by atoms with E-state index in [0.717, 1.165) is 6.42 Å². The highest BCUT2D eigenvalue weighted by Gasteiger charge is 2.12. The molecule has 1 unspecified atom stereocenters. The van der Waals surface area contributed by atoms with Crippen molar-refractivity contribution in [1.82, 2.24) is 4.90 Å². The molecule has 9 heavy (non-hydrogen) atoms. The zero-order valence-corrected chi connectivity index (χ0v) is 8.18. The highest BCUT2D eigenvalue weighted by Crippen LogP contribution is 2.06. The average Bonchev–Trinajstić information content (AvgIpc) is 1.84. The molecule has 0 aromatic carbocycles. The third-order valence-electron chi connectivity index (χ3n) is 1.07. The van der Waals surface area contributed by atoms with E-state index in [-0.39, 0.29) is 9.83 Å². The summed E-state index contributed by atoms with van der Waals surface area (Å²) in [5, 5.41) is 0. The van der Waals surface area contributed by atoms with Gasteiger partial charge in [-0.1, -0.05) is 29.5 Å². The maximum atomic E-state index is 11.0. The van der Waals surface area contributed by atoms with Gasteiger partial charge in [0.2, 0.25) is 5.91 Å². The molecule has 0 spiro atoms. The molecule has 0 aromatic heterocycles. The number of amides is 1. The first kappa shape index (κ1) is 9.20. The lowest BCUT2D eigenvalue weighted by Crippen LogP contribution is -2.29. The molecule has 1 atom stereocenters. The summed E-state index contributed by atoms with van der Waals surface area (Å²) in [5.41, 5.74) is 0. The molecule has 3 heteroatoms. The Kier molecular flexibility index (Phi) is 4.18. The van der Waals surface area contributed by atoms with E-state index in [4.69, 9.17) is 0 Å². The number of alkyl halides is 1. The molecule has 0 saturated carbocycles. The second-order valence-corrected chi connectivity index (χ2v) is 3.61. The Labute approximate surface area is 69.7 Å². The van der Waals surface area contributed by atoms with E-state index in [9.17, 15) is 4.79 Å². The molecule has 0 aromatic rings. The minimum Gasteiger partial charge on any atom is -0.348 e. The molecule has 0 N–H and O–H groups in total. The van der Waals surface area contributed by atoms with Gasteiger partial charge in [-0.25, -0.2) is 0 Å². The number of halogens is 1. The lowest BCUT2D eigenvalue weighted by molar-refractivity contribution is -0.127. The zero-order chi connectivity index (χ0) is 7.44. The molecular weight excluding hydrogens is 229 g/mol. The van der Waals surface area contributed by atoms with Gasteiger partial charge in [-0.05, 0) is 6.42 Å². The van der Waals surface area contributed by atoms with Gasteiger partial charge in [-0.3, -0.25) is 4.79 Å². The third-order valence-corrected chi connectivity index (χ3v) is 2.48. The number of hydrogen-bond donors (Lipinski definition) is 0. The minimum absolute atomic E-state index is 0.151. The van der Waals surface area contributed by atoms with Gasteiger partial charge in [-0.2, -0.15) is 0 Å². The molecule has 1 amide bonds. The molecule has 0 aliphatic heterocycles. The molecule has 54 valence electrons. The fourth-order valence-corrected chi connectivity index (χ4v) is 1.01. The second-order valence-electron chi connectivity index (χ2n) is 2.11. The van der Waals surface area contributed by atoms with Crippen LogP contribution in [0.1, 0.15) is 13.3 Å². The van der Waals surface area contributed by atoms with Crippen molar-refractivity contribution in [3.63, 3.8) is 0 Å². The van der Waals surface area contributed by atoms with Gasteiger partial charge in [0.15, 0.2) is 0 Å². The Hall–Kier alpha value is 0.200. The molecule has 0 saturated heterocycles. The zero-order valence-electron chi connectivity index (χ0n) is 6.02. The van der Waals surface area contributed by atoms with Crippen LogP contribution in [0.5, 0.6) is 0 Å². The van der Waals surface area contributed by atoms with Crippen LogP contribution in [-0.4, -0.2) is 28.8 Å². The molecule has 0 aliphatic rings. The van der Waals surface area contributed by atoms with Crippen LogP contribution in [0.25, 0.3) is 0 Å². The number of carbonyl (C=O) groups is 1. The van der Waals surface area contributed by atoms with Gasteiger partial charge >= 0.3 is 0 Å². The van der Waals surface area contributed by atoms with Crippen LogP contribution >= 0.6 is 22.6 Å². The number of nitrogens with zero attached hydrogens (tertiary/aromatic N) is 1. The molecular formula is C6H12INO. The molecule has 0 heterocycles. The first-order valence-corrected chi connectivity index (χ1v) is 4.19. The second kappa shape index (κ2) is 4.09. The summed E-state index contributed by atoms with van der Waals surface area (Å²) in [5.74, 6) is 0.207. The van der Waals surface area contributed by atoms with Gasteiger partial charge < -0.3 is 4.90 Å². The summed E-state index contributed by atoms with van der Waals surface area (Å²) >= 11 is 2.16. The van der Waals surface area contributed by atoms with Crippen molar-refractivity contribution in [1.29, 1.82) is 0 Å². The van der Waals surface area contributed by atoms with Crippen molar-refractivity contribution >= 4 is 28.5 Å². The number of rotatable bonds is 2. The maximum absolute atomic E-state index is 11.0. The smallest absolute Gasteiger partial charge is 0.234 e. The van der Waals surface area contributed by atoms with Crippen LogP contribution in [0.3, 0.4) is 0 Å². The lowest BCUT2D eigenvalue weighted by Gasteiger charge is -2.13. The topological polar surface area (TPSA) is 20.3 Å². The SMILES string of the molecule is CCC(I)C(=O)N(C)C. The fraction of sp³-hybridized carbons (Fsp3) is 0.833. The van der Waals surface area contributed by atoms with E-state index in [1.165, 1.54) is 0 Å². The summed E-state index contributed by atoms with van der Waals surface area (Å²) < 4.78 is 0.151. The molecule has 0 rings (SSSR count). The molecule has 2 nitrogen and oxygen atoms in total. The Morgan fingerprint density at radius 2 is 2.11 bits per heavy atom. The van der Waals surface area contributed by atoms with E-state index in [1.807, 2.05) is 6.92 Å². The maximum Gasteiger partial charge on any atom is 0.234 e. The summed E-state index contributed by atoms with van der Waals surface area (Å²) in [6.45, 7) is 2.01.